The van der Waals surface area contributed by atoms with E-state index in [0.29, 0.717) is 17.4 Å². The van der Waals surface area contributed by atoms with E-state index in [9.17, 15) is 14.0 Å². The molecule has 0 fully saturated rings. The largest absolute Gasteiger partial charge is 0.355 e. The van der Waals surface area contributed by atoms with Gasteiger partial charge >= 0.3 is 0 Å². The van der Waals surface area contributed by atoms with Gasteiger partial charge in [-0.3, -0.25) is 14.2 Å². The van der Waals surface area contributed by atoms with Gasteiger partial charge in [0, 0.05) is 6.54 Å². The predicted octanol–water partition coefficient (Wildman–Crippen LogP) is 5.01. The number of thioether (sulfide) groups is 1. The molecular formula is C25H26FN3O2S. The molecule has 1 amide bonds. The Balaban J connectivity index is 1.58. The fourth-order valence-electron chi connectivity index (χ4n) is 3.87. The molecule has 1 aliphatic rings. The number of fused-ring (bicyclic) bond motifs is 1. The number of benzene rings is 2. The van der Waals surface area contributed by atoms with Gasteiger partial charge in [0.25, 0.3) is 5.56 Å². The highest BCUT2D eigenvalue weighted by molar-refractivity contribution is 8.00. The molecule has 1 N–H and O–H groups in total. The van der Waals surface area contributed by atoms with Crippen LogP contribution in [0.4, 0.5) is 4.39 Å². The number of rotatable bonds is 7. The number of carbonyl (C=O) groups is 1. The normalized spacial score (nSPS) is 14.8. The summed E-state index contributed by atoms with van der Waals surface area (Å²) in [6.45, 7) is 2.35. The Morgan fingerprint density at radius 3 is 2.75 bits per heavy atom. The zero-order valence-electron chi connectivity index (χ0n) is 18.0. The average molecular weight is 452 g/mol. The van der Waals surface area contributed by atoms with Crippen LogP contribution in [-0.4, -0.2) is 27.3 Å². The van der Waals surface area contributed by atoms with Gasteiger partial charge in [0.05, 0.1) is 21.8 Å². The second-order valence-corrected chi connectivity index (χ2v) is 9.22. The molecule has 0 radical (unpaired) electrons. The van der Waals surface area contributed by atoms with Gasteiger partial charge in [-0.2, -0.15) is 0 Å². The van der Waals surface area contributed by atoms with Crippen molar-refractivity contribution in [1.82, 2.24) is 14.9 Å². The highest BCUT2D eigenvalue weighted by Gasteiger charge is 2.21. The Hall–Kier alpha value is -2.93. The fourth-order valence-corrected chi connectivity index (χ4v) is 4.81. The van der Waals surface area contributed by atoms with Crippen molar-refractivity contribution in [3.63, 3.8) is 0 Å². The molecule has 1 aromatic heterocycles. The summed E-state index contributed by atoms with van der Waals surface area (Å²) in [5, 5.41) is 3.17. The van der Waals surface area contributed by atoms with Crippen LogP contribution in [0.25, 0.3) is 16.6 Å². The molecule has 1 atom stereocenters. The van der Waals surface area contributed by atoms with E-state index in [1.807, 2.05) is 0 Å². The lowest BCUT2D eigenvalue weighted by atomic mass is 9.97. The lowest BCUT2D eigenvalue weighted by Crippen LogP contribution is -2.33. The number of hydrogen-bond acceptors (Lipinski definition) is 4. The molecule has 1 aliphatic carbocycles. The molecule has 0 spiro atoms. The Morgan fingerprint density at radius 1 is 1.19 bits per heavy atom. The second-order valence-electron chi connectivity index (χ2n) is 7.91. The van der Waals surface area contributed by atoms with Crippen LogP contribution in [0.3, 0.4) is 0 Å². The standard InChI is InChI=1S/C25H26FN3O2S/c1-17(23(30)27-16-15-18-9-3-2-4-10-18)32-25-28-21-13-7-5-11-19(21)24(31)29(25)22-14-8-6-12-20(22)26/h5-9,11-14,17H,2-4,10,15-16H2,1H3,(H,27,30)/t17-/m0/s1. The first-order chi connectivity index (χ1) is 15.5. The third-order valence-electron chi connectivity index (χ3n) is 5.62. The predicted molar refractivity (Wildman–Crippen MR) is 127 cm³/mol. The zero-order valence-corrected chi connectivity index (χ0v) is 18.8. The Labute approximate surface area is 190 Å². The van der Waals surface area contributed by atoms with E-state index < -0.39 is 11.1 Å². The van der Waals surface area contributed by atoms with Crippen molar-refractivity contribution in [2.45, 2.75) is 49.4 Å². The molecule has 5 nitrogen and oxygen atoms in total. The number of nitrogens with one attached hydrogen (secondary N) is 1. The van der Waals surface area contributed by atoms with E-state index in [-0.39, 0.29) is 22.3 Å². The van der Waals surface area contributed by atoms with Crippen molar-refractivity contribution in [3.05, 3.63) is 76.4 Å². The van der Waals surface area contributed by atoms with Gasteiger partial charge in [-0.25, -0.2) is 9.37 Å². The summed E-state index contributed by atoms with van der Waals surface area (Å²) in [7, 11) is 0. The molecule has 0 saturated carbocycles. The fraction of sp³-hybridized carbons (Fsp3) is 0.320. The summed E-state index contributed by atoms with van der Waals surface area (Å²) in [4.78, 5) is 30.5. The lowest BCUT2D eigenvalue weighted by molar-refractivity contribution is -0.120. The third-order valence-corrected chi connectivity index (χ3v) is 6.67. The Morgan fingerprint density at radius 2 is 1.97 bits per heavy atom. The van der Waals surface area contributed by atoms with Crippen LogP contribution < -0.4 is 10.9 Å². The molecule has 3 aromatic rings. The number of para-hydroxylation sites is 2. The first kappa shape index (κ1) is 22.3. The van der Waals surface area contributed by atoms with Crippen LogP contribution in [0.15, 0.2) is 70.1 Å². The van der Waals surface area contributed by atoms with Crippen molar-refractivity contribution in [2.24, 2.45) is 0 Å². The van der Waals surface area contributed by atoms with Crippen molar-refractivity contribution in [2.75, 3.05) is 6.54 Å². The number of halogens is 1. The molecular weight excluding hydrogens is 425 g/mol. The van der Waals surface area contributed by atoms with Crippen LogP contribution in [0, 0.1) is 5.82 Å². The number of carbonyl (C=O) groups excluding carboxylic acids is 1. The zero-order chi connectivity index (χ0) is 22.5. The molecule has 32 heavy (non-hydrogen) atoms. The molecule has 1 heterocycles. The SMILES string of the molecule is C[C@H](Sc1nc2ccccc2c(=O)n1-c1ccccc1F)C(=O)NCCC1=CCCCC1. The van der Waals surface area contributed by atoms with Crippen LogP contribution >= 0.6 is 11.8 Å². The molecule has 7 heteroatoms. The quantitative estimate of drug-likeness (QED) is 0.312. The van der Waals surface area contributed by atoms with Gasteiger partial charge in [-0.05, 0) is 63.3 Å². The van der Waals surface area contributed by atoms with Gasteiger partial charge in [0.1, 0.15) is 5.82 Å². The van der Waals surface area contributed by atoms with Crippen LogP contribution in [-0.2, 0) is 4.79 Å². The summed E-state index contributed by atoms with van der Waals surface area (Å²) in [6.07, 6.45) is 7.82. The van der Waals surface area contributed by atoms with E-state index in [4.69, 9.17) is 0 Å². The summed E-state index contributed by atoms with van der Waals surface area (Å²) < 4.78 is 15.9. The Bertz CT molecular complexity index is 1220. The van der Waals surface area contributed by atoms with E-state index in [1.165, 1.54) is 29.0 Å². The topological polar surface area (TPSA) is 64.0 Å². The maximum absolute atomic E-state index is 14.6. The number of allylic oxidation sites excluding steroid dienone is 1. The molecule has 0 saturated heterocycles. The maximum atomic E-state index is 14.6. The Kier molecular flexibility index (Phi) is 7.05. The molecule has 0 bridgehead atoms. The van der Waals surface area contributed by atoms with Crippen LogP contribution in [0.5, 0.6) is 0 Å². The minimum Gasteiger partial charge on any atom is -0.355 e. The molecule has 2 aromatic carbocycles. The average Bonchev–Trinajstić information content (AvgIpc) is 2.81. The summed E-state index contributed by atoms with van der Waals surface area (Å²) in [6, 6.07) is 13.1. The lowest BCUT2D eigenvalue weighted by Gasteiger charge is -2.17. The number of nitrogens with zero attached hydrogens (tertiary/aromatic N) is 2. The van der Waals surface area contributed by atoms with Crippen LogP contribution in [0.2, 0.25) is 0 Å². The first-order valence-corrected chi connectivity index (χ1v) is 11.8. The minimum absolute atomic E-state index is 0.120. The van der Waals surface area contributed by atoms with Crippen molar-refractivity contribution >= 4 is 28.6 Å². The van der Waals surface area contributed by atoms with Crippen molar-refractivity contribution in [3.8, 4) is 5.69 Å². The number of amides is 1. The first-order valence-electron chi connectivity index (χ1n) is 10.9. The van der Waals surface area contributed by atoms with Gasteiger partial charge in [-0.1, -0.05) is 47.7 Å². The second kappa shape index (κ2) is 10.1. The number of hydrogen-bond donors (Lipinski definition) is 1. The van der Waals surface area contributed by atoms with E-state index in [2.05, 4.69) is 16.4 Å². The summed E-state index contributed by atoms with van der Waals surface area (Å²) >= 11 is 1.16. The maximum Gasteiger partial charge on any atom is 0.266 e. The summed E-state index contributed by atoms with van der Waals surface area (Å²) in [5.74, 6) is -0.653. The van der Waals surface area contributed by atoms with Gasteiger partial charge in [-0.15, -0.1) is 0 Å². The highest BCUT2D eigenvalue weighted by atomic mass is 32.2. The smallest absolute Gasteiger partial charge is 0.266 e. The third kappa shape index (κ3) is 4.93. The van der Waals surface area contributed by atoms with Gasteiger partial charge < -0.3 is 5.32 Å². The minimum atomic E-state index is -0.522. The molecule has 166 valence electrons. The number of aromatic nitrogens is 2. The van der Waals surface area contributed by atoms with Gasteiger partial charge in [0.15, 0.2) is 5.16 Å². The van der Waals surface area contributed by atoms with Gasteiger partial charge in [0.2, 0.25) is 5.91 Å². The van der Waals surface area contributed by atoms with Crippen molar-refractivity contribution in [1.29, 1.82) is 0 Å². The summed E-state index contributed by atoms with van der Waals surface area (Å²) in [5.41, 5.74) is 1.68. The van der Waals surface area contributed by atoms with Crippen LogP contribution in [0.1, 0.15) is 39.0 Å². The molecule has 4 rings (SSSR count). The van der Waals surface area contributed by atoms with E-state index in [1.54, 1.807) is 49.4 Å². The van der Waals surface area contributed by atoms with Crippen molar-refractivity contribution < 1.29 is 9.18 Å². The van der Waals surface area contributed by atoms with E-state index >= 15 is 0 Å². The molecule has 0 aliphatic heterocycles. The molecule has 0 unspecified atom stereocenters. The highest BCUT2D eigenvalue weighted by Crippen LogP contribution is 2.26. The monoisotopic (exact) mass is 451 g/mol. The van der Waals surface area contributed by atoms with E-state index in [0.717, 1.165) is 31.0 Å².